The van der Waals surface area contributed by atoms with Crippen LogP contribution in [0.3, 0.4) is 0 Å². The number of hydrogen-bond donors (Lipinski definition) is 0. The summed E-state index contributed by atoms with van der Waals surface area (Å²) in [5.41, 5.74) is 5.19. The monoisotopic (exact) mass is 354 g/mol. The second kappa shape index (κ2) is 8.45. The number of nitrogens with zero attached hydrogens (tertiary/aromatic N) is 2. The molecule has 4 nitrogen and oxygen atoms in total. The highest BCUT2D eigenvalue weighted by Crippen LogP contribution is 2.29. The molecule has 0 unspecified atom stereocenters. The highest BCUT2D eigenvalue weighted by Gasteiger charge is 2.20. The van der Waals surface area contributed by atoms with Gasteiger partial charge in [0.2, 0.25) is 0 Å². The zero-order valence-electron chi connectivity index (χ0n) is 16.4. The zero-order valence-corrected chi connectivity index (χ0v) is 16.4. The lowest BCUT2D eigenvalue weighted by molar-refractivity contribution is 0.248. The Labute approximate surface area is 157 Å². The lowest BCUT2D eigenvalue weighted by Crippen LogP contribution is -2.46. The standard InChI is InChI=1S/C22H30N2O2/c1-5-26-22-9-7-6-8-20(22)24-14-12-23(13-15-24)16-19-10-11-21(25-4)18(3)17(19)2/h6-11H,5,12-16H2,1-4H3. The van der Waals surface area contributed by atoms with Gasteiger partial charge in [-0.3, -0.25) is 4.90 Å². The van der Waals surface area contributed by atoms with Crippen LogP contribution in [0, 0.1) is 13.8 Å². The zero-order chi connectivity index (χ0) is 18.5. The Morgan fingerprint density at radius 1 is 0.885 bits per heavy atom. The molecule has 0 bridgehead atoms. The van der Waals surface area contributed by atoms with E-state index in [-0.39, 0.29) is 0 Å². The molecular formula is C22H30N2O2. The normalized spacial score (nSPS) is 15.2. The van der Waals surface area contributed by atoms with Crippen molar-refractivity contribution in [2.24, 2.45) is 0 Å². The maximum absolute atomic E-state index is 5.80. The van der Waals surface area contributed by atoms with Gasteiger partial charge in [-0.1, -0.05) is 18.2 Å². The Kier molecular flexibility index (Phi) is 6.04. The Hall–Kier alpha value is -2.20. The fourth-order valence-corrected chi connectivity index (χ4v) is 3.63. The van der Waals surface area contributed by atoms with Crippen LogP contribution in [0.5, 0.6) is 11.5 Å². The topological polar surface area (TPSA) is 24.9 Å². The van der Waals surface area contributed by atoms with Gasteiger partial charge in [0.1, 0.15) is 11.5 Å². The molecule has 1 saturated heterocycles. The molecule has 1 aliphatic heterocycles. The van der Waals surface area contributed by atoms with E-state index in [2.05, 4.69) is 54.0 Å². The van der Waals surface area contributed by atoms with E-state index >= 15 is 0 Å². The second-order valence-corrected chi connectivity index (χ2v) is 6.84. The van der Waals surface area contributed by atoms with Crippen LogP contribution in [0.25, 0.3) is 0 Å². The fraction of sp³-hybridized carbons (Fsp3) is 0.455. The number of rotatable bonds is 6. The maximum Gasteiger partial charge on any atom is 0.142 e. The summed E-state index contributed by atoms with van der Waals surface area (Å²) in [5.74, 6) is 1.97. The summed E-state index contributed by atoms with van der Waals surface area (Å²) in [6.45, 7) is 12.2. The molecule has 4 heteroatoms. The molecule has 26 heavy (non-hydrogen) atoms. The predicted octanol–water partition coefficient (Wildman–Crippen LogP) is 4.03. The molecule has 2 aromatic carbocycles. The van der Waals surface area contributed by atoms with Crippen molar-refractivity contribution in [3.63, 3.8) is 0 Å². The van der Waals surface area contributed by atoms with Gasteiger partial charge in [-0.05, 0) is 55.7 Å². The number of para-hydroxylation sites is 2. The molecule has 2 aromatic rings. The summed E-state index contributed by atoms with van der Waals surface area (Å²) in [7, 11) is 1.74. The van der Waals surface area contributed by atoms with Crippen molar-refractivity contribution in [3.8, 4) is 11.5 Å². The van der Waals surface area contributed by atoms with Crippen molar-refractivity contribution < 1.29 is 9.47 Å². The molecule has 3 rings (SSSR count). The van der Waals surface area contributed by atoms with E-state index in [0.29, 0.717) is 6.61 Å². The maximum atomic E-state index is 5.80. The highest BCUT2D eigenvalue weighted by atomic mass is 16.5. The number of hydrogen-bond acceptors (Lipinski definition) is 4. The fourth-order valence-electron chi connectivity index (χ4n) is 3.63. The van der Waals surface area contributed by atoms with Gasteiger partial charge in [-0.15, -0.1) is 0 Å². The van der Waals surface area contributed by atoms with Crippen LogP contribution in [-0.2, 0) is 6.54 Å². The van der Waals surface area contributed by atoms with Crippen molar-refractivity contribution >= 4 is 5.69 Å². The SMILES string of the molecule is CCOc1ccccc1N1CCN(Cc2ccc(OC)c(C)c2C)CC1. The van der Waals surface area contributed by atoms with E-state index in [1.165, 1.54) is 22.4 Å². The molecule has 0 spiro atoms. The first-order valence-electron chi connectivity index (χ1n) is 9.46. The molecule has 0 N–H and O–H groups in total. The van der Waals surface area contributed by atoms with Gasteiger partial charge < -0.3 is 14.4 Å². The van der Waals surface area contributed by atoms with E-state index < -0.39 is 0 Å². The molecule has 1 fully saturated rings. The quantitative estimate of drug-likeness (QED) is 0.782. The van der Waals surface area contributed by atoms with Crippen LogP contribution in [-0.4, -0.2) is 44.8 Å². The number of benzene rings is 2. The number of piperazine rings is 1. The van der Waals surface area contributed by atoms with E-state index in [9.17, 15) is 0 Å². The van der Waals surface area contributed by atoms with Crippen LogP contribution in [0.15, 0.2) is 36.4 Å². The summed E-state index contributed by atoms with van der Waals surface area (Å²) >= 11 is 0. The predicted molar refractivity (Wildman–Crippen MR) is 108 cm³/mol. The first-order valence-corrected chi connectivity index (χ1v) is 9.46. The Morgan fingerprint density at radius 3 is 2.31 bits per heavy atom. The van der Waals surface area contributed by atoms with Crippen molar-refractivity contribution in [1.82, 2.24) is 4.90 Å². The largest absolute Gasteiger partial charge is 0.496 e. The van der Waals surface area contributed by atoms with Gasteiger partial charge in [0, 0.05) is 32.7 Å². The Balaban J connectivity index is 1.64. The second-order valence-electron chi connectivity index (χ2n) is 6.84. The minimum absolute atomic E-state index is 0.701. The smallest absolute Gasteiger partial charge is 0.142 e. The highest BCUT2D eigenvalue weighted by molar-refractivity contribution is 5.58. The average molecular weight is 354 g/mol. The molecule has 1 aliphatic rings. The van der Waals surface area contributed by atoms with Gasteiger partial charge in [0.15, 0.2) is 0 Å². The molecule has 1 heterocycles. The third-order valence-corrected chi connectivity index (χ3v) is 5.34. The van der Waals surface area contributed by atoms with Crippen molar-refractivity contribution in [2.45, 2.75) is 27.3 Å². The number of methoxy groups -OCH3 is 1. The Bertz CT molecular complexity index is 737. The summed E-state index contributed by atoms with van der Waals surface area (Å²) < 4.78 is 11.2. The van der Waals surface area contributed by atoms with Crippen LogP contribution in [0.2, 0.25) is 0 Å². The van der Waals surface area contributed by atoms with Crippen molar-refractivity contribution in [3.05, 3.63) is 53.1 Å². The lowest BCUT2D eigenvalue weighted by atomic mass is 10.0. The van der Waals surface area contributed by atoms with Gasteiger partial charge >= 0.3 is 0 Å². The molecule has 0 aromatic heterocycles. The summed E-state index contributed by atoms with van der Waals surface area (Å²) in [5, 5.41) is 0. The lowest BCUT2D eigenvalue weighted by Gasteiger charge is -2.37. The van der Waals surface area contributed by atoms with Crippen molar-refractivity contribution in [2.75, 3.05) is 44.8 Å². The van der Waals surface area contributed by atoms with Crippen molar-refractivity contribution in [1.29, 1.82) is 0 Å². The van der Waals surface area contributed by atoms with Crippen LogP contribution < -0.4 is 14.4 Å². The minimum Gasteiger partial charge on any atom is -0.496 e. The third-order valence-electron chi connectivity index (χ3n) is 5.34. The summed E-state index contributed by atoms with van der Waals surface area (Å²) in [6.07, 6.45) is 0. The molecule has 0 amide bonds. The minimum atomic E-state index is 0.701. The van der Waals surface area contributed by atoms with E-state index in [4.69, 9.17) is 9.47 Å². The molecule has 0 radical (unpaired) electrons. The molecule has 0 aliphatic carbocycles. The van der Waals surface area contributed by atoms with Crippen LogP contribution in [0.1, 0.15) is 23.6 Å². The van der Waals surface area contributed by atoms with Gasteiger partial charge in [-0.25, -0.2) is 0 Å². The average Bonchev–Trinajstić information content (AvgIpc) is 2.67. The molecular weight excluding hydrogens is 324 g/mol. The van der Waals surface area contributed by atoms with Gasteiger partial charge in [-0.2, -0.15) is 0 Å². The first-order chi connectivity index (χ1) is 12.6. The Morgan fingerprint density at radius 2 is 1.62 bits per heavy atom. The number of anilines is 1. The molecule has 140 valence electrons. The molecule has 0 atom stereocenters. The first kappa shape index (κ1) is 18.6. The van der Waals surface area contributed by atoms with E-state index in [1.54, 1.807) is 7.11 Å². The van der Waals surface area contributed by atoms with E-state index in [1.807, 2.05) is 13.0 Å². The van der Waals surface area contributed by atoms with Gasteiger partial charge in [0.25, 0.3) is 0 Å². The molecule has 0 saturated carbocycles. The van der Waals surface area contributed by atoms with Crippen LogP contribution >= 0.6 is 0 Å². The third kappa shape index (κ3) is 3.96. The number of ether oxygens (including phenoxy) is 2. The summed E-state index contributed by atoms with van der Waals surface area (Å²) in [4.78, 5) is 4.97. The van der Waals surface area contributed by atoms with Gasteiger partial charge in [0.05, 0.1) is 19.4 Å². The van der Waals surface area contributed by atoms with E-state index in [0.717, 1.165) is 44.2 Å². The van der Waals surface area contributed by atoms with Crippen LogP contribution in [0.4, 0.5) is 5.69 Å². The summed E-state index contributed by atoms with van der Waals surface area (Å²) in [6, 6.07) is 12.7.